The number of nitriles is 1. The third-order valence-electron chi connectivity index (χ3n) is 3.23. The Kier molecular flexibility index (Phi) is 2.74. The highest BCUT2D eigenvalue weighted by Gasteiger charge is 2.33. The fraction of sp³-hybridized carbons (Fsp3) is 0.417. The number of fused-ring (bicyclic) bond motifs is 1. The third kappa shape index (κ3) is 1.71. The summed E-state index contributed by atoms with van der Waals surface area (Å²) in [6.07, 6.45) is 1.59. The zero-order valence-electron chi connectivity index (χ0n) is 10.6. The van der Waals surface area contributed by atoms with E-state index >= 15 is 0 Å². The molecule has 1 aliphatic rings. The number of amidine groups is 1. The number of rotatable bonds is 2. The van der Waals surface area contributed by atoms with Crippen molar-refractivity contribution in [3.63, 3.8) is 0 Å². The van der Waals surface area contributed by atoms with Gasteiger partial charge in [0.25, 0.3) is 0 Å². The minimum absolute atomic E-state index is 0.108. The first kappa shape index (κ1) is 12.7. The lowest BCUT2D eigenvalue weighted by atomic mass is 9.87. The highest BCUT2D eigenvalue weighted by Crippen LogP contribution is 2.31. The average Bonchev–Trinajstić information content (AvgIpc) is 2.62. The van der Waals surface area contributed by atoms with Crippen LogP contribution < -0.4 is 4.72 Å². The van der Waals surface area contributed by atoms with Gasteiger partial charge in [-0.2, -0.15) is 5.26 Å². The molecule has 0 fully saturated rings. The summed E-state index contributed by atoms with van der Waals surface area (Å²) in [4.78, 5) is 4.77. The Balaban J connectivity index is 2.64. The Labute approximate surface area is 107 Å². The lowest BCUT2D eigenvalue weighted by Crippen LogP contribution is -2.30. The van der Waals surface area contributed by atoms with E-state index in [2.05, 4.69) is 15.8 Å². The number of nitrogens with zero attached hydrogens (tertiary/aromatic N) is 2. The fourth-order valence-corrected chi connectivity index (χ4v) is 3.82. The van der Waals surface area contributed by atoms with E-state index in [0.29, 0.717) is 16.3 Å². The first-order valence-electron chi connectivity index (χ1n) is 5.72. The van der Waals surface area contributed by atoms with Gasteiger partial charge in [-0.1, -0.05) is 6.92 Å². The summed E-state index contributed by atoms with van der Waals surface area (Å²) in [5.41, 5.74) is 0.498. The second-order valence-electron chi connectivity index (χ2n) is 4.87. The molecule has 1 aromatic rings. The van der Waals surface area contributed by atoms with E-state index in [1.165, 1.54) is 0 Å². The van der Waals surface area contributed by atoms with Crippen molar-refractivity contribution in [1.82, 2.24) is 9.71 Å². The van der Waals surface area contributed by atoms with Gasteiger partial charge >= 0.3 is 0 Å². The van der Waals surface area contributed by atoms with Gasteiger partial charge in [0.1, 0.15) is 5.69 Å². The summed E-state index contributed by atoms with van der Waals surface area (Å²) in [5.74, 6) is 0.539. The van der Waals surface area contributed by atoms with Gasteiger partial charge < -0.3 is 4.72 Å². The lowest BCUT2D eigenvalue weighted by molar-refractivity contribution is 0.665. The normalized spacial score (nSPS) is 18.7. The number of aromatic nitrogens is 1. The van der Waals surface area contributed by atoms with Crippen molar-refractivity contribution < 1.29 is 4.21 Å². The van der Waals surface area contributed by atoms with Crippen molar-refractivity contribution in [1.29, 1.82) is 10.7 Å². The van der Waals surface area contributed by atoms with Gasteiger partial charge in [0.05, 0.1) is 16.4 Å². The van der Waals surface area contributed by atoms with Crippen LogP contribution in [0.5, 0.6) is 0 Å². The Morgan fingerprint density at radius 3 is 2.83 bits per heavy atom. The van der Waals surface area contributed by atoms with Crippen molar-refractivity contribution in [3.05, 3.63) is 23.5 Å². The third-order valence-corrected chi connectivity index (χ3v) is 5.83. The van der Waals surface area contributed by atoms with Crippen LogP contribution in [0, 0.1) is 16.7 Å². The average molecular weight is 264 g/mol. The molecule has 0 spiro atoms. The molecule has 0 saturated heterocycles. The van der Waals surface area contributed by atoms with Gasteiger partial charge in [-0.15, -0.1) is 0 Å². The Hall–Kier alpha value is -1.74. The van der Waals surface area contributed by atoms with Crippen LogP contribution in [0.1, 0.15) is 32.0 Å². The predicted molar refractivity (Wildman–Crippen MR) is 71.2 cm³/mol. The van der Waals surface area contributed by atoms with Crippen LogP contribution in [0.2, 0.25) is 0 Å². The van der Waals surface area contributed by atoms with E-state index in [0.717, 1.165) is 5.56 Å². The molecule has 18 heavy (non-hydrogen) atoms. The zero-order chi connectivity index (χ0) is 13.6. The molecule has 0 unspecified atom stereocenters. The van der Waals surface area contributed by atoms with Crippen molar-refractivity contribution in [2.45, 2.75) is 31.1 Å². The lowest BCUT2D eigenvalue weighted by Gasteiger charge is -2.20. The molecular formula is C12H16N4OS. The summed E-state index contributed by atoms with van der Waals surface area (Å²) < 4.78 is 15.3. The molecule has 0 radical (unpaired) electrons. The number of thiol groups is 1. The van der Waals surface area contributed by atoms with Crippen molar-refractivity contribution in [2.75, 3.05) is 5.75 Å². The van der Waals surface area contributed by atoms with Crippen LogP contribution in [0.3, 0.4) is 0 Å². The SMILES string of the molecule is CC[SH]1(=O)NC(=N)c2ncc(C(C)(C)C#N)cc21. The zero-order valence-corrected chi connectivity index (χ0v) is 11.5. The summed E-state index contributed by atoms with van der Waals surface area (Å²) in [7, 11) is -2.75. The van der Waals surface area contributed by atoms with Gasteiger partial charge in [-0.05, 0) is 35.6 Å². The number of hydrogen-bond donors (Lipinski definition) is 3. The molecule has 0 amide bonds. The van der Waals surface area contributed by atoms with Crippen LogP contribution in [-0.4, -0.2) is 20.8 Å². The van der Waals surface area contributed by atoms with Crippen LogP contribution in [0.15, 0.2) is 17.2 Å². The maximum atomic E-state index is 12.6. The van der Waals surface area contributed by atoms with Crippen LogP contribution in [0.25, 0.3) is 0 Å². The summed E-state index contributed by atoms with van der Waals surface area (Å²) in [5, 5.41) is 16.9. The van der Waals surface area contributed by atoms with Crippen molar-refractivity contribution in [2.24, 2.45) is 0 Å². The van der Waals surface area contributed by atoms with Crippen molar-refractivity contribution in [3.8, 4) is 6.07 Å². The van der Waals surface area contributed by atoms with Crippen LogP contribution in [0.4, 0.5) is 0 Å². The highest BCUT2D eigenvalue weighted by atomic mass is 32.3. The second kappa shape index (κ2) is 3.89. The first-order valence-corrected chi connectivity index (χ1v) is 7.62. The number of nitrogens with one attached hydrogen (secondary N) is 2. The van der Waals surface area contributed by atoms with E-state index in [-0.39, 0.29) is 5.84 Å². The molecule has 0 atom stereocenters. The molecule has 2 N–H and O–H groups in total. The quantitative estimate of drug-likeness (QED) is 0.699. The maximum absolute atomic E-state index is 12.6. The topological polar surface area (TPSA) is 89.6 Å². The smallest absolute Gasteiger partial charge is 0.156 e. The minimum Gasteiger partial charge on any atom is -0.306 e. The molecule has 2 rings (SSSR count). The van der Waals surface area contributed by atoms with E-state index in [4.69, 9.17) is 10.7 Å². The minimum atomic E-state index is -2.75. The Bertz CT molecular complexity index is 615. The molecule has 0 aliphatic carbocycles. The van der Waals surface area contributed by atoms with Gasteiger partial charge in [-0.25, -0.2) is 0 Å². The molecule has 0 bridgehead atoms. The Morgan fingerprint density at radius 2 is 2.28 bits per heavy atom. The van der Waals surface area contributed by atoms with Gasteiger partial charge in [0.2, 0.25) is 0 Å². The molecule has 0 saturated carbocycles. The van der Waals surface area contributed by atoms with Crippen LogP contribution >= 0.6 is 0 Å². The van der Waals surface area contributed by atoms with E-state index in [9.17, 15) is 4.21 Å². The summed E-state index contributed by atoms with van der Waals surface area (Å²) in [6.45, 7) is 5.40. The van der Waals surface area contributed by atoms with Gasteiger partial charge in [0.15, 0.2) is 5.84 Å². The first-order chi connectivity index (χ1) is 8.34. The van der Waals surface area contributed by atoms with E-state index < -0.39 is 15.5 Å². The molecule has 1 aliphatic heterocycles. The molecular weight excluding hydrogens is 248 g/mol. The van der Waals surface area contributed by atoms with Crippen LogP contribution in [-0.2, 0) is 15.5 Å². The molecule has 1 aromatic heterocycles. The number of pyridine rings is 1. The van der Waals surface area contributed by atoms with E-state index in [1.54, 1.807) is 26.1 Å². The highest BCUT2D eigenvalue weighted by molar-refractivity contribution is 8.02. The summed E-state index contributed by atoms with van der Waals surface area (Å²) in [6, 6.07) is 3.96. The summed E-state index contributed by atoms with van der Waals surface area (Å²) >= 11 is 0. The van der Waals surface area contributed by atoms with E-state index in [1.807, 2.05) is 6.92 Å². The van der Waals surface area contributed by atoms with Gasteiger partial charge in [-0.3, -0.25) is 14.6 Å². The Morgan fingerprint density at radius 1 is 1.61 bits per heavy atom. The molecule has 0 aromatic carbocycles. The maximum Gasteiger partial charge on any atom is 0.156 e. The monoisotopic (exact) mass is 264 g/mol. The predicted octanol–water partition coefficient (Wildman–Crippen LogP) is 1.12. The fourth-order valence-electron chi connectivity index (χ4n) is 1.87. The number of hydrogen-bond acceptors (Lipinski definition) is 4. The molecule has 2 heterocycles. The molecule has 5 nitrogen and oxygen atoms in total. The molecule has 6 heteroatoms. The van der Waals surface area contributed by atoms with Gasteiger partial charge in [0, 0.05) is 11.9 Å². The standard InChI is InChI=1S/C12H16N4OS/c1-4-18(17)9-5-8(12(2,3)7-13)6-15-10(9)11(14)16-18/h5-6,18H,4H2,1-3H3,(H2,14,16,17). The largest absolute Gasteiger partial charge is 0.306 e. The molecule has 96 valence electrons. The van der Waals surface area contributed by atoms with Crippen molar-refractivity contribution >= 4 is 16.0 Å². The second-order valence-corrected chi connectivity index (χ2v) is 7.69.